The fourth-order valence-electron chi connectivity index (χ4n) is 4.04. The van der Waals surface area contributed by atoms with Crippen LogP contribution in [-0.2, 0) is 0 Å². The maximum absolute atomic E-state index is 14.0. The minimum atomic E-state index is -0.393. The molecule has 1 aliphatic heterocycles. The number of carbonyl (C=O) groups excluding carboxylic acids is 1. The zero-order chi connectivity index (χ0) is 21.3. The SMILES string of the molecule is CCN1CCN(c2ccc(F)cc2C(C)NC(=O)c2cc3cc(F)ccc3[nH]2)CC1. The molecule has 7 heteroatoms. The highest BCUT2D eigenvalue weighted by atomic mass is 19.1. The van der Waals surface area contributed by atoms with Gasteiger partial charge in [0.25, 0.3) is 5.91 Å². The van der Waals surface area contributed by atoms with Gasteiger partial charge in [-0.3, -0.25) is 4.79 Å². The number of benzene rings is 2. The van der Waals surface area contributed by atoms with Gasteiger partial charge < -0.3 is 20.1 Å². The van der Waals surface area contributed by atoms with Crippen LogP contribution in [0, 0.1) is 11.6 Å². The number of nitrogens with one attached hydrogen (secondary N) is 2. The molecule has 4 rings (SSSR count). The van der Waals surface area contributed by atoms with Crippen molar-refractivity contribution in [2.45, 2.75) is 19.9 Å². The van der Waals surface area contributed by atoms with Crippen LogP contribution in [-0.4, -0.2) is 48.5 Å². The summed E-state index contributed by atoms with van der Waals surface area (Å²) in [4.78, 5) is 20.4. The molecule has 0 aliphatic carbocycles. The number of rotatable bonds is 5. The molecule has 158 valence electrons. The van der Waals surface area contributed by atoms with E-state index in [4.69, 9.17) is 0 Å². The molecular weight excluding hydrogens is 386 g/mol. The van der Waals surface area contributed by atoms with Gasteiger partial charge in [-0.15, -0.1) is 0 Å². The first-order valence-corrected chi connectivity index (χ1v) is 10.3. The van der Waals surface area contributed by atoms with Gasteiger partial charge in [-0.05, 0) is 55.9 Å². The van der Waals surface area contributed by atoms with Gasteiger partial charge in [-0.25, -0.2) is 8.78 Å². The summed E-state index contributed by atoms with van der Waals surface area (Å²) in [6, 6.07) is 10.3. The third-order valence-corrected chi connectivity index (χ3v) is 5.79. The summed E-state index contributed by atoms with van der Waals surface area (Å²) < 4.78 is 27.5. The molecule has 1 aromatic heterocycles. The van der Waals surface area contributed by atoms with Crippen molar-refractivity contribution in [3.63, 3.8) is 0 Å². The lowest BCUT2D eigenvalue weighted by molar-refractivity contribution is 0.0935. The van der Waals surface area contributed by atoms with E-state index in [0.717, 1.165) is 44.0 Å². The summed E-state index contributed by atoms with van der Waals surface area (Å²) in [5.41, 5.74) is 2.72. The molecule has 5 nitrogen and oxygen atoms in total. The van der Waals surface area contributed by atoms with E-state index in [1.165, 1.54) is 24.3 Å². The molecule has 1 saturated heterocycles. The van der Waals surface area contributed by atoms with Crippen molar-refractivity contribution in [2.24, 2.45) is 0 Å². The summed E-state index contributed by atoms with van der Waals surface area (Å²) in [6.07, 6.45) is 0. The average molecular weight is 412 g/mol. The van der Waals surface area contributed by atoms with Crippen molar-refractivity contribution in [3.05, 3.63) is 65.4 Å². The topological polar surface area (TPSA) is 51.4 Å². The highest BCUT2D eigenvalue weighted by Gasteiger charge is 2.22. The van der Waals surface area contributed by atoms with Crippen LogP contribution in [0.3, 0.4) is 0 Å². The van der Waals surface area contributed by atoms with Crippen molar-refractivity contribution in [1.82, 2.24) is 15.2 Å². The molecule has 0 saturated carbocycles. The average Bonchev–Trinajstić information content (AvgIpc) is 3.17. The van der Waals surface area contributed by atoms with E-state index in [2.05, 4.69) is 27.0 Å². The number of aromatic amines is 1. The lowest BCUT2D eigenvalue weighted by atomic mass is 10.0. The quantitative estimate of drug-likeness (QED) is 0.664. The predicted octanol–water partition coefficient (Wildman–Crippen LogP) is 4.08. The summed E-state index contributed by atoms with van der Waals surface area (Å²) in [5, 5.41) is 3.58. The number of fused-ring (bicyclic) bond motifs is 1. The third kappa shape index (κ3) is 4.16. The minimum Gasteiger partial charge on any atom is -0.369 e. The number of hydrogen-bond acceptors (Lipinski definition) is 3. The summed E-state index contributed by atoms with van der Waals surface area (Å²) >= 11 is 0. The van der Waals surface area contributed by atoms with Crippen molar-refractivity contribution >= 4 is 22.5 Å². The number of aromatic nitrogens is 1. The lowest BCUT2D eigenvalue weighted by Crippen LogP contribution is -2.46. The normalized spacial score (nSPS) is 16.1. The summed E-state index contributed by atoms with van der Waals surface area (Å²) in [7, 11) is 0. The Labute approximate surface area is 174 Å². The van der Waals surface area contributed by atoms with Gasteiger partial charge in [0.2, 0.25) is 0 Å². The minimum absolute atomic E-state index is 0.315. The van der Waals surface area contributed by atoms with Gasteiger partial charge in [-0.2, -0.15) is 0 Å². The second-order valence-corrected chi connectivity index (χ2v) is 7.73. The number of amides is 1. The Balaban J connectivity index is 1.54. The Hall–Kier alpha value is -2.93. The molecule has 1 aliphatic rings. The molecule has 1 amide bonds. The van der Waals surface area contributed by atoms with Gasteiger partial charge >= 0.3 is 0 Å². The summed E-state index contributed by atoms with van der Waals surface area (Å²) in [6.45, 7) is 8.65. The second-order valence-electron chi connectivity index (χ2n) is 7.73. The number of carbonyl (C=O) groups is 1. The molecule has 0 spiro atoms. The first-order chi connectivity index (χ1) is 14.4. The molecule has 2 N–H and O–H groups in total. The molecule has 1 atom stereocenters. The van der Waals surface area contributed by atoms with Crippen LogP contribution in [0.4, 0.5) is 14.5 Å². The zero-order valence-corrected chi connectivity index (χ0v) is 17.2. The van der Waals surface area contributed by atoms with E-state index >= 15 is 0 Å². The highest BCUT2D eigenvalue weighted by molar-refractivity contribution is 5.98. The Morgan fingerprint density at radius 3 is 2.50 bits per heavy atom. The molecule has 3 aromatic rings. The number of hydrogen-bond donors (Lipinski definition) is 2. The molecule has 2 heterocycles. The van der Waals surface area contributed by atoms with E-state index in [0.29, 0.717) is 16.6 Å². The van der Waals surface area contributed by atoms with Crippen molar-refractivity contribution < 1.29 is 13.6 Å². The van der Waals surface area contributed by atoms with Crippen LogP contribution in [0.2, 0.25) is 0 Å². The fraction of sp³-hybridized carbons (Fsp3) is 0.348. The summed E-state index contributed by atoms with van der Waals surface area (Å²) in [5.74, 6) is -0.998. The van der Waals surface area contributed by atoms with Gasteiger partial charge in [0, 0.05) is 48.3 Å². The smallest absolute Gasteiger partial charge is 0.268 e. The van der Waals surface area contributed by atoms with Crippen LogP contribution >= 0.6 is 0 Å². The third-order valence-electron chi connectivity index (χ3n) is 5.79. The molecular formula is C23H26F2N4O. The molecule has 1 unspecified atom stereocenters. The predicted molar refractivity (Wildman–Crippen MR) is 115 cm³/mol. The maximum atomic E-state index is 14.0. The number of anilines is 1. The first kappa shape index (κ1) is 20.3. The molecule has 0 radical (unpaired) electrons. The van der Waals surface area contributed by atoms with Crippen LogP contribution in [0.5, 0.6) is 0 Å². The van der Waals surface area contributed by atoms with Crippen LogP contribution in [0.25, 0.3) is 10.9 Å². The van der Waals surface area contributed by atoms with E-state index in [9.17, 15) is 13.6 Å². The van der Waals surface area contributed by atoms with E-state index in [-0.39, 0.29) is 17.5 Å². The van der Waals surface area contributed by atoms with Gasteiger partial charge in [0.05, 0.1) is 6.04 Å². The number of likely N-dealkylation sites (N-methyl/N-ethyl adjacent to an activating group) is 1. The molecule has 0 bridgehead atoms. The fourth-order valence-corrected chi connectivity index (χ4v) is 4.04. The van der Waals surface area contributed by atoms with E-state index in [1.807, 2.05) is 6.92 Å². The van der Waals surface area contributed by atoms with Gasteiger partial charge in [0.1, 0.15) is 17.3 Å². The second kappa shape index (κ2) is 8.44. The zero-order valence-electron chi connectivity index (χ0n) is 17.2. The van der Waals surface area contributed by atoms with E-state index in [1.54, 1.807) is 18.2 Å². The maximum Gasteiger partial charge on any atom is 0.268 e. The number of halogens is 2. The van der Waals surface area contributed by atoms with Crippen LogP contribution in [0.15, 0.2) is 42.5 Å². The molecule has 30 heavy (non-hydrogen) atoms. The Bertz CT molecular complexity index is 1060. The molecule has 2 aromatic carbocycles. The van der Waals surface area contributed by atoms with Crippen molar-refractivity contribution in [1.29, 1.82) is 0 Å². The Kier molecular flexibility index (Phi) is 5.72. The van der Waals surface area contributed by atoms with Crippen molar-refractivity contribution in [2.75, 3.05) is 37.6 Å². The largest absolute Gasteiger partial charge is 0.369 e. The molecule has 1 fully saturated rings. The number of nitrogens with zero attached hydrogens (tertiary/aromatic N) is 2. The number of piperazine rings is 1. The highest BCUT2D eigenvalue weighted by Crippen LogP contribution is 2.29. The standard InChI is InChI=1S/C23H26F2N4O/c1-3-28-8-10-29(11-9-28)22-7-5-18(25)14-19(22)15(2)26-23(30)21-13-16-12-17(24)4-6-20(16)27-21/h4-7,12-15,27H,3,8-11H2,1-2H3,(H,26,30). The van der Waals surface area contributed by atoms with Crippen LogP contribution < -0.4 is 10.2 Å². The Morgan fingerprint density at radius 2 is 1.77 bits per heavy atom. The van der Waals surface area contributed by atoms with Crippen LogP contribution in [0.1, 0.15) is 35.9 Å². The Morgan fingerprint density at radius 1 is 1.07 bits per heavy atom. The number of H-pyrrole nitrogens is 1. The van der Waals surface area contributed by atoms with Crippen molar-refractivity contribution in [3.8, 4) is 0 Å². The first-order valence-electron chi connectivity index (χ1n) is 10.3. The monoisotopic (exact) mass is 412 g/mol. The lowest BCUT2D eigenvalue weighted by Gasteiger charge is -2.37. The van der Waals surface area contributed by atoms with Gasteiger partial charge in [0.15, 0.2) is 0 Å². The van der Waals surface area contributed by atoms with Gasteiger partial charge in [-0.1, -0.05) is 6.92 Å². The van der Waals surface area contributed by atoms with E-state index < -0.39 is 6.04 Å².